The number of methoxy groups -OCH3 is 1. The summed E-state index contributed by atoms with van der Waals surface area (Å²) in [5, 5.41) is 4.51. The highest BCUT2D eigenvalue weighted by Gasteiger charge is 2.36. The third kappa shape index (κ3) is 5.73. The average molecular weight is 517 g/mol. The van der Waals surface area contributed by atoms with E-state index in [1.165, 1.54) is 61.7 Å². The number of hydrogen-bond donors (Lipinski definition) is 2. The minimum atomic E-state index is -0.944. The Bertz CT molecular complexity index is 1470. The topological polar surface area (TPSA) is 131 Å². The number of nitrogens with one attached hydrogen (secondary N) is 2. The van der Waals surface area contributed by atoms with Gasteiger partial charge < -0.3 is 14.8 Å². The first-order valence-corrected chi connectivity index (χ1v) is 11.1. The number of carbonyl (C=O) groups is 5. The second kappa shape index (κ2) is 11.2. The van der Waals surface area contributed by atoms with Crippen LogP contribution in [0.25, 0.3) is 6.08 Å². The van der Waals surface area contributed by atoms with Crippen LogP contribution in [0.2, 0.25) is 0 Å². The summed E-state index contributed by atoms with van der Waals surface area (Å²) in [4.78, 5) is 62.5. The van der Waals surface area contributed by atoms with E-state index in [4.69, 9.17) is 4.74 Å². The Morgan fingerprint density at radius 1 is 1.00 bits per heavy atom. The van der Waals surface area contributed by atoms with E-state index in [0.717, 1.165) is 4.90 Å². The molecule has 1 fully saturated rings. The molecule has 0 bridgehead atoms. The Balaban J connectivity index is 1.49. The largest absolute Gasteiger partial charge is 0.484 e. The van der Waals surface area contributed by atoms with Gasteiger partial charge in [-0.3, -0.25) is 19.7 Å². The lowest BCUT2D eigenvalue weighted by molar-refractivity contribution is -0.122. The highest BCUT2D eigenvalue weighted by Crippen LogP contribution is 2.24. The summed E-state index contributed by atoms with van der Waals surface area (Å²) < 4.78 is 23.8. The van der Waals surface area contributed by atoms with Gasteiger partial charge in [0.05, 0.1) is 24.0 Å². The van der Waals surface area contributed by atoms with E-state index in [1.807, 2.05) is 0 Å². The van der Waals surface area contributed by atoms with Gasteiger partial charge in [0.15, 0.2) is 6.61 Å². The monoisotopic (exact) mass is 517 g/mol. The number of nitrogens with zero attached hydrogens (tertiary/aromatic N) is 1. The van der Waals surface area contributed by atoms with Crippen LogP contribution in [0, 0.1) is 5.82 Å². The van der Waals surface area contributed by atoms with E-state index < -0.39 is 42.1 Å². The normalized spacial score (nSPS) is 14.2. The Labute approximate surface area is 215 Å². The SMILES string of the molecule is COC(=O)c1ccc(N2C(=O)NC(=O)/C(=C/c3cccc(OCC(=O)Nc4ccccc4F)c3)C2=O)cc1. The number of imide groups is 2. The van der Waals surface area contributed by atoms with Gasteiger partial charge in [0.2, 0.25) is 0 Å². The van der Waals surface area contributed by atoms with Crippen LogP contribution in [-0.2, 0) is 19.1 Å². The highest BCUT2D eigenvalue weighted by atomic mass is 19.1. The molecule has 5 amide bonds. The molecule has 0 unspecified atom stereocenters. The third-order valence-electron chi connectivity index (χ3n) is 5.34. The van der Waals surface area contributed by atoms with E-state index >= 15 is 0 Å². The van der Waals surface area contributed by atoms with Crippen molar-refractivity contribution in [3.8, 4) is 5.75 Å². The van der Waals surface area contributed by atoms with E-state index in [2.05, 4.69) is 15.4 Å². The Kier molecular flexibility index (Phi) is 7.57. The minimum Gasteiger partial charge on any atom is -0.484 e. The maximum Gasteiger partial charge on any atom is 0.337 e. The van der Waals surface area contributed by atoms with Gasteiger partial charge in [0.25, 0.3) is 17.7 Å². The number of carbonyl (C=O) groups excluding carboxylic acids is 5. The van der Waals surface area contributed by atoms with Crippen molar-refractivity contribution in [1.82, 2.24) is 5.32 Å². The molecule has 0 radical (unpaired) electrons. The zero-order valence-corrected chi connectivity index (χ0v) is 19.9. The van der Waals surface area contributed by atoms with Gasteiger partial charge in [-0.05, 0) is 60.2 Å². The van der Waals surface area contributed by atoms with Gasteiger partial charge in [0, 0.05) is 0 Å². The summed E-state index contributed by atoms with van der Waals surface area (Å²) in [6.07, 6.45) is 1.27. The predicted molar refractivity (Wildman–Crippen MR) is 134 cm³/mol. The van der Waals surface area contributed by atoms with Crippen molar-refractivity contribution in [3.63, 3.8) is 0 Å². The number of amides is 5. The van der Waals surface area contributed by atoms with Gasteiger partial charge in [-0.25, -0.2) is 18.9 Å². The maximum absolute atomic E-state index is 13.7. The van der Waals surface area contributed by atoms with Crippen molar-refractivity contribution in [2.75, 3.05) is 23.9 Å². The molecule has 0 aromatic heterocycles. The zero-order valence-electron chi connectivity index (χ0n) is 19.9. The van der Waals surface area contributed by atoms with Crippen LogP contribution in [0.15, 0.2) is 78.4 Å². The fourth-order valence-corrected chi connectivity index (χ4v) is 3.51. The fourth-order valence-electron chi connectivity index (χ4n) is 3.51. The molecule has 3 aromatic carbocycles. The molecule has 2 N–H and O–H groups in total. The highest BCUT2D eigenvalue weighted by molar-refractivity contribution is 6.39. The van der Waals surface area contributed by atoms with E-state index in [9.17, 15) is 28.4 Å². The van der Waals surface area contributed by atoms with E-state index in [0.29, 0.717) is 5.56 Å². The molecule has 0 spiro atoms. The van der Waals surface area contributed by atoms with Crippen LogP contribution in [-0.4, -0.2) is 43.4 Å². The third-order valence-corrected chi connectivity index (χ3v) is 5.34. The molecule has 1 aliphatic rings. The summed E-state index contributed by atoms with van der Waals surface area (Å²) in [5.41, 5.74) is 0.422. The molecule has 192 valence electrons. The van der Waals surface area contributed by atoms with Crippen LogP contribution in [0.5, 0.6) is 5.75 Å². The second-order valence-electron chi connectivity index (χ2n) is 7.89. The molecule has 1 heterocycles. The van der Waals surface area contributed by atoms with E-state index in [-0.39, 0.29) is 28.3 Å². The van der Waals surface area contributed by atoms with Gasteiger partial charge >= 0.3 is 12.0 Å². The lowest BCUT2D eigenvalue weighted by Crippen LogP contribution is -2.54. The molecule has 1 aliphatic heterocycles. The summed E-state index contributed by atoms with van der Waals surface area (Å²) in [6.45, 7) is -0.419. The number of barbiturate groups is 1. The number of esters is 1. The molecule has 0 saturated carbocycles. The maximum atomic E-state index is 13.7. The molecule has 11 heteroatoms. The molecule has 1 saturated heterocycles. The molecule has 0 atom stereocenters. The second-order valence-corrected chi connectivity index (χ2v) is 7.89. The lowest BCUT2D eigenvalue weighted by Gasteiger charge is -2.26. The Hall–Kier alpha value is -5.32. The van der Waals surface area contributed by atoms with Crippen LogP contribution in [0.4, 0.5) is 20.6 Å². The van der Waals surface area contributed by atoms with Crippen molar-refractivity contribution < 1.29 is 37.8 Å². The molecule has 4 rings (SSSR count). The standard InChI is InChI=1S/C27H20FN3O7/c1-37-26(35)17-9-11-18(12-10-17)31-25(34)20(24(33)30-27(31)36)14-16-5-4-6-19(13-16)38-15-23(32)29-22-8-3-2-7-21(22)28/h2-14H,15H2,1H3,(H,29,32)(H,30,33,36)/b20-14-. The number of rotatable bonds is 7. The summed E-state index contributed by atoms with van der Waals surface area (Å²) >= 11 is 0. The molecule has 10 nitrogen and oxygen atoms in total. The lowest BCUT2D eigenvalue weighted by atomic mass is 10.1. The average Bonchev–Trinajstić information content (AvgIpc) is 2.91. The van der Waals surface area contributed by atoms with Crippen molar-refractivity contribution in [1.29, 1.82) is 0 Å². The van der Waals surface area contributed by atoms with Crippen molar-refractivity contribution in [2.24, 2.45) is 0 Å². The number of halogens is 1. The van der Waals surface area contributed by atoms with Gasteiger partial charge in [0.1, 0.15) is 17.1 Å². The predicted octanol–water partition coefficient (Wildman–Crippen LogP) is 3.30. The number of para-hydroxylation sites is 1. The minimum absolute atomic E-state index is 0.0143. The molecular formula is C27H20FN3O7. The quantitative estimate of drug-likeness (QED) is 0.279. The smallest absolute Gasteiger partial charge is 0.337 e. The number of hydrogen-bond acceptors (Lipinski definition) is 7. The van der Waals surface area contributed by atoms with Gasteiger partial charge in [-0.1, -0.05) is 24.3 Å². The van der Waals surface area contributed by atoms with Crippen LogP contribution in [0.3, 0.4) is 0 Å². The number of urea groups is 1. The van der Waals surface area contributed by atoms with Crippen molar-refractivity contribution in [2.45, 2.75) is 0 Å². The first-order valence-electron chi connectivity index (χ1n) is 11.1. The Morgan fingerprint density at radius 3 is 2.45 bits per heavy atom. The van der Waals surface area contributed by atoms with Crippen molar-refractivity contribution >= 4 is 47.2 Å². The summed E-state index contributed by atoms with van der Waals surface area (Å²) in [5.74, 6) is -3.28. The number of benzene rings is 3. The van der Waals surface area contributed by atoms with Crippen LogP contribution < -0.4 is 20.3 Å². The zero-order chi connectivity index (χ0) is 27.2. The van der Waals surface area contributed by atoms with E-state index in [1.54, 1.807) is 24.3 Å². The molecular weight excluding hydrogens is 497 g/mol. The fraction of sp³-hybridized carbons (Fsp3) is 0.0741. The van der Waals surface area contributed by atoms with Crippen LogP contribution >= 0.6 is 0 Å². The molecule has 0 aliphatic carbocycles. The molecule has 3 aromatic rings. The summed E-state index contributed by atoms with van der Waals surface area (Å²) in [6, 6.07) is 16.5. The van der Waals surface area contributed by atoms with Gasteiger partial charge in [-0.15, -0.1) is 0 Å². The van der Waals surface area contributed by atoms with Gasteiger partial charge in [-0.2, -0.15) is 0 Å². The summed E-state index contributed by atoms with van der Waals surface area (Å²) in [7, 11) is 1.22. The van der Waals surface area contributed by atoms with Crippen LogP contribution in [0.1, 0.15) is 15.9 Å². The van der Waals surface area contributed by atoms with Crippen molar-refractivity contribution in [3.05, 3.63) is 95.3 Å². The first-order chi connectivity index (χ1) is 18.3. The molecule has 38 heavy (non-hydrogen) atoms. The first kappa shape index (κ1) is 25.8. The Morgan fingerprint density at radius 2 is 1.74 bits per heavy atom. The number of anilines is 2. The number of ether oxygens (including phenoxy) is 2.